The molecule has 5 fully saturated rings. The van der Waals surface area contributed by atoms with E-state index in [0.717, 1.165) is 62.5 Å². The molecule has 1 aromatic heterocycles. The molecule has 1 N–H and O–H groups in total. The maximum absolute atomic E-state index is 13.0. The summed E-state index contributed by atoms with van der Waals surface area (Å²) in [4.78, 5) is 38.2. The van der Waals surface area contributed by atoms with Crippen molar-refractivity contribution in [1.29, 1.82) is 0 Å². The van der Waals surface area contributed by atoms with Gasteiger partial charge in [0, 0.05) is 57.0 Å². The molecule has 2 heterocycles. The van der Waals surface area contributed by atoms with Gasteiger partial charge in [-0.25, -0.2) is 9.97 Å². The van der Waals surface area contributed by atoms with Crippen molar-refractivity contribution in [1.82, 2.24) is 20.2 Å². The number of anilines is 1. The summed E-state index contributed by atoms with van der Waals surface area (Å²) in [5.41, 5.74) is -0.0887. The average molecular weight is 412 g/mol. The molecule has 1 aliphatic heterocycles. The van der Waals surface area contributed by atoms with Crippen molar-refractivity contribution in [3.8, 4) is 0 Å². The molecule has 7 heteroatoms. The number of aromatic nitrogens is 2. The number of piperazine rings is 1. The van der Waals surface area contributed by atoms with Crippen molar-refractivity contribution >= 4 is 17.8 Å². The number of amides is 2. The van der Waals surface area contributed by atoms with Crippen LogP contribution in [-0.4, -0.2) is 59.4 Å². The molecule has 7 nitrogen and oxygen atoms in total. The first-order chi connectivity index (χ1) is 14.6. The summed E-state index contributed by atoms with van der Waals surface area (Å²) in [5.74, 6) is 3.53. The minimum Gasteiger partial charge on any atom is -0.356 e. The zero-order chi connectivity index (χ0) is 20.6. The second-order valence-electron chi connectivity index (χ2n) is 9.97. The molecule has 0 unspecified atom stereocenters. The van der Waals surface area contributed by atoms with Crippen LogP contribution in [0.5, 0.6) is 0 Å². The van der Waals surface area contributed by atoms with Crippen molar-refractivity contribution in [2.45, 2.75) is 51.4 Å². The monoisotopic (exact) mass is 411 g/mol. The van der Waals surface area contributed by atoms with E-state index in [4.69, 9.17) is 0 Å². The number of carbonyl (C=O) groups excluding carboxylic acids is 2. The number of rotatable bonds is 6. The Labute approximate surface area is 178 Å². The van der Waals surface area contributed by atoms with E-state index in [-0.39, 0.29) is 17.2 Å². The Bertz CT molecular complexity index is 740. The molecule has 4 aliphatic carbocycles. The summed E-state index contributed by atoms with van der Waals surface area (Å²) in [6.07, 6.45) is 12.1. The molecule has 0 atom stereocenters. The highest BCUT2D eigenvalue weighted by Gasteiger charge is 2.54. The molecule has 0 spiro atoms. The predicted octanol–water partition coefficient (Wildman–Crippen LogP) is 2.24. The first kappa shape index (κ1) is 19.8. The summed E-state index contributed by atoms with van der Waals surface area (Å²) in [5, 5.41) is 3.19. The Morgan fingerprint density at radius 1 is 0.967 bits per heavy atom. The quantitative estimate of drug-likeness (QED) is 0.727. The first-order valence-corrected chi connectivity index (χ1v) is 11.7. The van der Waals surface area contributed by atoms with Gasteiger partial charge in [0.15, 0.2) is 0 Å². The van der Waals surface area contributed by atoms with E-state index in [9.17, 15) is 9.59 Å². The van der Waals surface area contributed by atoms with Gasteiger partial charge in [-0.15, -0.1) is 0 Å². The predicted molar refractivity (Wildman–Crippen MR) is 114 cm³/mol. The van der Waals surface area contributed by atoms with E-state index in [1.807, 2.05) is 11.0 Å². The molecule has 1 aromatic rings. The fraction of sp³-hybridized carbons (Fsp3) is 0.739. The summed E-state index contributed by atoms with van der Waals surface area (Å²) in [6.45, 7) is 3.55. The van der Waals surface area contributed by atoms with E-state index in [2.05, 4.69) is 20.2 Å². The number of nitrogens with zero attached hydrogens (tertiary/aromatic N) is 4. The van der Waals surface area contributed by atoms with Crippen LogP contribution in [0.3, 0.4) is 0 Å². The third kappa shape index (κ3) is 3.91. The zero-order valence-corrected chi connectivity index (χ0v) is 17.8. The lowest BCUT2D eigenvalue weighted by Gasteiger charge is -2.55. The van der Waals surface area contributed by atoms with Gasteiger partial charge in [-0.2, -0.15) is 0 Å². The van der Waals surface area contributed by atoms with Crippen molar-refractivity contribution in [3.63, 3.8) is 0 Å². The fourth-order valence-electron chi connectivity index (χ4n) is 6.79. The maximum Gasteiger partial charge on any atom is 0.226 e. The van der Waals surface area contributed by atoms with E-state index < -0.39 is 0 Å². The van der Waals surface area contributed by atoms with Crippen LogP contribution in [0.25, 0.3) is 0 Å². The van der Waals surface area contributed by atoms with E-state index in [1.54, 1.807) is 12.4 Å². The summed E-state index contributed by atoms with van der Waals surface area (Å²) in [6, 6.07) is 1.81. The smallest absolute Gasteiger partial charge is 0.226 e. The van der Waals surface area contributed by atoms with Crippen molar-refractivity contribution < 1.29 is 9.59 Å². The largest absolute Gasteiger partial charge is 0.356 e. The fourth-order valence-corrected chi connectivity index (χ4v) is 6.79. The van der Waals surface area contributed by atoms with Gasteiger partial charge in [-0.1, -0.05) is 0 Å². The first-order valence-electron chi connectivity index (χ1n) is 11.7. The van der Waals surface area contributed by atoms with Crippen molar-refractivity contribution in [2.24, 2.45) is 23.2 Å². The Hall–Kier alpha value is -2.18. The lowest BCUT2D eigenvalue weighted by molar-refractivity contribution is -0.146. The molecular weight excluding hydrogens is 378 g/mol. The average Bonchev–Trinajstić information content (AvgIpc) is 2.76. The molecule has 5 aliphatic rings. The van der Waals surface area contributed by atoms with E-state index in [1.165, 1.54) is 19.3 Å². The zero-order valence-electron chi connectivity index (χ0n) is 17.8. The third-order valence-electron chi connectivity index (χ3n) is 7.84. The number of carbonyl (C=O) groups is 2. The third-order valence-corrected chi connectivity index (χ3v) is 7.84. The molecule has 4 bridgehead atoms. The van der Waals surface area contributed by atoms with Gasteiger partial charge in [0.25, 0.3) is 0 Å². The van der Waals surface area contributed by atoms with Crippen LogP contribution >= 0.6 is 0 Å². The van der Waals surface area contributed by atoms with Gasteiger partial charge >= 0.3 is 0 Å². The highest BCUT2D eigenvalue weighted by Crippen LogP contribution is 2.60. The maximum atomic E-state index is 13.0. The summed E-state index contributed by atoms with van der Waals surface area (Å²) in [7, 11) is 0. The van der Waals surface area contributed by atoms with Gasteiger partial charge in [0.05, 0.1) is 0 Å². The van der Waals surface area contributed by atoms with Gasteiger partial charge in [0.2, 0.25) is 17.8 Å². The Morgan fingerprint density at radius 3 is 2.17 bits per heavy atom. The minimum atomic E-state index is -0.0887. The number of nitrogens with one attached hydrogen (secondary N) is 1. The van der Waals surface area contributed by atoms with Crippen LogP contribution in [-0.2, 0) is 9.59 Å². The molecule has 0 aromatic carbocycles. The van der Waals surface area contributed by atoms with Gasteiger partial charge in [-0.05, 0) is 68.8 Å². The van der Waals surface area contributed by atoms with Crippen LogP contribution in [0.2, 0.25) is 0 Å². The molecule has 162 valence electrons. The Balaban J connectivity index is 1.03. The molecule has 1 saturated heterocycles. The van der Waals surface area contributed by atoms with Crippen LogP contribution in [0.15, 0.2) is 18.5 Å². The van der Waals surface area contributed by atoms with Crippen molar-refractivity contribution in [3.05, 3.63) is 18.5 Å². The highest BCUT2D eigenvalue weighted by molar-refractivity contribution is 5.83. The molecule has 4 saturated carbocycles. The molecule has 0 radical (unpaired) electrons. The van der Waals surface area contributed by atoms with Gasteiger partial charge in [0.1, 0.15) is 0 Å². The van der Waals surface area contributed by atoms with E-state index in [0.29, 0.717) is 26.1 Å². The molecule has 6 rings (SSSR count). The standard InChI is InChI=1S/C23H33N5O2/c29-20(27-7-9-28(10-8-27)22-25-5-2-6-26-22)3-1-4-24-21(30)23-14-17-11-18(15-23)13-19(12-17)16-23/h2,5-6,17-19H,1,3-4,7-16H2,(H,24,30). The molecule has 2 amide bonds. The normalized spacial score (nSPS) is 32.3. The Kier molecular flexibility index (Phi) is 5.37. The number of hydrogen-bond donors (Lipinski definition) is 1. The number of hydrogen-bond acceptors (Lipinski definition) is 5. The topological polar surface area (TPSA) is 78.4 Å². The SMILES string of the molecule is O=C(CCCNC(=O)C12CC3CC(CC(C3)C1)C2)N1CCN(c2ncccn2)CC1. The van der Waals surface area contributed by atoms with E-state index >= 15 is 0 Å². The van der Waals surface area contributed by atoms with Gasteiger partial charge < -0.3 is 15.1 Å². The lowest BCUT2D eigenvalue weighted by Crippen LogP contribution is -2.53. The van der Waals surface area contributed by atoms with Crippen LogP contribution in [0.1, 0.15) is 51.4 Å². The van der Waals surface area contributed by atoms with Gasteiger partial charge in [-0.3, -0.25) is 9.59 Å². The second kappa shape index (κ2) is 8.16. The van der Waals surface area contributed by atoms with Crippen LogP contribution in [0.4, 0.5) is 5.95 Å². The second-order valence-corrected chi connectivity index (χ2v) is 9.97. The molecular formula is C23H33N5O2. The highest BCUT2D eigenvalue weighted by atomic mass is 16.2. The van der Waals surface area contributed by atoms with Crippen LogP contribution in [0, 0.1) is 23.2 Å². The molecule has 30 heavy (non-hydrogen) atoms. The summed E-state index contributed by atoms with van der Waals surface area (Å²) < 4.78 is 0. The Morgan fingerprint density at radius 2 is 1.57 bits per heavy atom. The lowest BCUT2D eigenvalue weighted by atomic mass is 9.49. The minimum absolute atomic E-state index is 0.0887. The van der Waals surface area contributed by atoms with Crippen molar-refractivity contribution in [2.75, 3.05) is 37.6 Å². The van der Waals surface area contributed by atoms with Crippen LogP contribution < -0.4 is 10.2 Å². The summed E-state index contributed by atoms with van der Waals surface area (Å²) >= 11 is 0.